The molecule has 0 saturated carbocycles. The molecule has 35 heavy (non-hydrogen) atoms. The van der Waals surface area contributed by atoms with Gasteiger partial charge in [0.05, 0.1) is 12.1 Å². The first-order valence-electron chi connectivity index (χ1n) is 13.0. The van der Waals surface area contributed by atoms with Crippen molar-refractivity contribution in [3.63, 3.8) is 0 Å². The standard InChI is InChI=1S/C32H40N2O/c1-33(2)30(27-20-12-6-13-21-27)31(28-22-14-7-15-23-28)34(3)32(35)29(26-18-10-5-11-19-26)24-25-16-8-4-9-17-25/h4,6-9,12-18,20-23,29-32,35H,5,10-11,19,24H2,1-3H3/t29?,30-,31-,32?/m1/s1. The maximum absolute atomic E-state index is 12.1. The third kappa shape index (κ3) is 6.29. The number of benzene rings is 3. The summed E-state index contributed by atoms with van der Waals surface area (Å²) >= 11 is 0. The molecular formula is C32H40N2O. The Kier molecular flexibility index (Phi) is 8.92. The Morgan fingerprint density at radius 2 is 1.26 bits per heavy atom. The van der Waals surface area contributed by atoms with Crippen LogP contribution in [0, 0.1) is 5.92 Å². The topological polar surface area (TPSA) is 26.7 Å². The maximum atomic E-state index is 12.1. The van der Waals surface area contributed by atoms with Crippen molar-refractivity contribution in [3.8, 4) is 0 Å². The van der Waals surface area contributed by atoms with E-state index < -0.39 is 6.23 Å². The molecule has 0 fully saturated rings. The van der Waals surface area contributed by atoms with Crippen LogP contribution in [0.3, 0.4) is 0 Å². The van der Waals surface area contributed by atoms with Crippen LogP contribution in [0.25, 0.3) is 0 Å². The molecule has 3 aromatic carbocycles. The molecule has 0 heterocycles. The van der Waals surface area contributed by atoms with Gasteiger partial charge in [-0.05, 0) is 69.9 Å². The minimum atomic E-state index is -0.601. The average molecular weight is 469 g/mol. The fraction of sp³-hybridized carbons (Fsp3) is 0.375. The lowest BCUT2D eigenvalue weighted by Crippen LogP contribution is -2.46. The largest absolute Gasteiger partial charge is 0.378 e. The first-order valence-corrected chi connectivity index (χ1v) is 13.0. The van der Waals surface area contributed by atoms with E-state index in [0.717, 1.165) is 19.3 Å². The zero-order chi connectivity index (χ0) is 24.6. The van der Waals surface area contributed by atoms with Crippen LogP contribution < -0.4 is 0 Å². The van der Waals surface area contributed by atoms with Crippen LogP contribution in [0.1, 0.15) is 54.5 Å². The van der Waals surface area contributed by atoms with Crippen LogP contribution in [0.5, 0.6) is 0 Å². The van der Waals surface area contributed by atoms with Crippen molar-refractivity contribution in [2.24, 2.45) is 5.92 Å². The van der Waals surface area contributed by atoms with Gasteiger partial charge in [0.2, 0.25) is 0 Å². The van der Waals surface area contributed by atoms with Gasteiger partial charge < -0.3 is 10.0 Å². The molecular weight excluding hydrogens is 428 g/mol. The second kappa shape index (κ2) is 12.3. The van der Waals surface area contributed by atoms with Gasteiger partial charge in [0.25, 0.3) is 0 Å². The third-order valence-corrected chi connectivity index (χ3v) is 7.45. The smallest absolute Gasteiger partial charge is 0.114 e. The Hall–Kier alpha value is -2.72. The highest BCUT2D eigenvalue weighted by atomic mass is 16.3. The van der Waals surface area contributed by atoms with Crippen LogP contribution in [-0.4, -0.2) is 42.3 Å². The van der Waals surface area contributed by atoms with E-state index >= 15 is 0 Å². The number of rotatable bonds is 10. The van der Waals surface area contributed by atoms with Crippen LogP contribution in [0.2, 0.25) is 0 Å². The molecule has 0 aliphatic heterocycles. The molecule has 4 rings (SSSR count). The molecule has 1 aliphatic carbocycles. The first kappa shape index (κ1) is 25.4. The zero-order valence-corrected chi connectivity index (χ0v) is 21.4. The van der Waals surface area contributed by atoms with Crippen molar-refractivity contribution in [1.82, 2.24) is 9.80 Å². The van der Waals surface area contributed by atoms with Crippen molar-refractivity contribution >= 4 is 0 Å². The van der Waals surface area contributed by atoms with E-state index in [4.69, 9.17) is 0 Å². The molecule has 0 aromatic heterocycles. The lowest BCUT2D eigenvalue weighted by Gasteiger charge is -2.43. The normalized spacial score (nSPS) is 17.6. The second-order valence-corrected chi connectivity index (χ2v) is 10.1. The van der Waals surface area contributed by atoms with Gasteiger partial charge in [0.15, 0.2) is 0 Å². The molecule has 2 unspecified atom stereocenters. The lowest BCUT2D eigenvalue weighted by atomic mass is 9.82. The van der Waals surface area contributed by atoms with Crippen molar-refractivity contribution in [2.45, 2.75) is 50.4 Å². The minimum absolute atomic E-state index is 0.00827. The summed E-state index contributed by atoms with van der Waals surface area (Å²) in [6, 6.07) is 32.1. The van der Waals surface area contributed by atoms with Gasteiger partial charge >= 0.3 is 0 Å². The molecule has 3 nitrogen and oxygen atoms in total. The van der Waals surface area contributed by atoms with Gasteiger partial charge in [-0.25, -0.2) is 0 Å². The van der Waals surface area contributed by atoms with Crippen LogP contribution in [0.15, 0.2) is 103 Å². The van der Waals surface area contributed by atoms with Crippen molar-refractivity contribution in [1.29, 1.82) is 0 Å². The van der Waals surface area contributed by atoms with Gasteiger partial charge in [-0.15, -0.1) is 0 Å². The lowest BCUT2D eigenvalue weighted by molar-refractivity contribution is -0.0578. The van der Waals surface area contributed by atoms with Crippen molar-refractivity contribution in [3.05, 3.63) is 119 Å². The Bertz CT molecular complexity index is 1050. The Morgan fingerprint density at radius 1 is 0.714 bits per heavy atom. The SMILES string of the molecule is CN(C)[C@H](c1ccccc1)[C@@H](c1ccccc1)N(C)C(O)C(Cc1ccccc1)C1=CCCCC1. The highest BCUT2D eigenvalue weighted by Gasteiger charge is 2.36. The Labute approximate surface area is 211 Å². The van der Waals surface area contributed by atoms with Gasteiger partial charge in [0.1, 0.15) is 6.23 Å². The van der Waals surface area contributed by atoms with E-state index in [2.05, 4.69) is 128 Å². The summed E-state index contributed by atoms with van der Waals surface area (Å²) in [5, 5.41) is 12.1. The average Bonchev–Trinajstić information content (AvgIpc) is 2.91. The van der Waals surface area contributed by atoms with Gasteiger partial charge in [-0.3, -0.25) is 4.90 Å². The predicted octanol–water partition coefficient (Wildman–Crippen LogP) is 6.64. The van der Waals surface area contributed by atoms with E-state index in [1.165, 1.54) is 35.1 Å². The summed E-state index contributed by atoms with van der Waals surface area (Å²) in [5.74, 6) is 0.0625. The van der Waals surface area contributed by atoms with E-state index in [0.29, 0.717) is 0 Å². The molecule has 3 aromatic rings. The van der Waals surface area contributed by atoms with E-state index in [9.17, 15) is 5.11 Å². The van der Waals surface area contributed by atoms with Crippen LogP contribution >= 0.6 is 0 Å². The Balaban J connectivity index is 1.73. The molecule has 1 N–H and O–H groups in total. The van der Waals surface area contributed by atoms with Gasteiger partial charge in [-0.2, -0.15) is 0 Å². The van der Waals surface area contributed by atoms with E-state index in [1.807, 2.05) is 0 Å². The quantitative estimate of drug-likeness (QED) is 0.267. The van der Waals surface area contributed by atoms with Gasteiger partial charge in [0, 0.05) is 5.92 Å². The Morgan fingerprint density at radius 3 is 1.77 bits per heavy atom. The molecule has 0 amide bonds. The monoisotopic (exact) mass is 468 g/mol. The number of allylic oxidation sites excluding steroid dienone is 1. The summed E-state index contributed by atoms with van der Waals surface area (Å²) in [6.45, 7) is 0. The number of aliphatic hydroxyl groups excluding tert-OH is 1. The second-order valence-electron chi connectivity index (χ2n) is 10.1. The number of hydrogen-bond acceptors (Lipinski definition) is 3. The van der Waals surface area contributed by atoms with E-state index in [1.54, 1.807) is 0 Å². The predicted molar refractivity (Wildman–Crippen MR) is 146 cm³/mol. The fourth-order valence-electron chi connectivity index (χ4n) is 5.65. The highest BCUT2D eigenvalue weighted by molar-refractivity contribution is 5.29. The van der Waals surface area contributed by atoms with Crippen LogP contribution in [0.4, 0.5) is 0 Å². The third-order valence-electron chi connectivity index (χ3n) is 7.45. The number of nitrogens with zero attached hydrogens (tertiary/aromatic N) is 2. The molecule has 3 heteroatoms. The first-order chi connectivity index (χ1) is 17.1. The number of aliphatic hydroxyl groups is 1. The summed E-state index contributed by atoms with van der Waals surface area (Å²) in [4.78, 5) is 4.50. The molecule has 0 radical (unpaired) electrons. The zero-order valence-electron chi connectivity index (χ0n) is 21.4. The highest BCUT2D eigenvalue weighted by Crippen LogP contribution is 2.40. The number of hydrogen-bond donors (Lipinski definition) is 1. The van der Waals surface area contributed by atoms with Crippen molar-refractivity contribution in [2.75, 3.05) is 21.1 Å². The summed E-state index contributed by atoms with van der Waals surface area (Å²) in [7, 11) is 6.38. The maximum Gasteiger partial charge on any atom is 0.114 e. The van der Waals surface area contributed by atoms with Gasteiger partial charge in [-0.1, -0.05) is 103 Å². The molecule has 1 aliphatic rings. The van der Waals surface area contributed by atoms with Crippen LogP contribution in [-0.2, 0) is 6.42 Å². The summed E-state index contributed by atoms with van der Waals surface area (Å²) in [6.07, 6.45) is 7.29. The summed E-state index contributed by atoms with van der Waals surface area (Å²) in [5.41, 5.74) is 5.15. The van der Waals surface area contributed by atoms with Crippen molar-refractivity contribution < 1.29 is 5.11 Å². The minimum Gasteiger partial charge on any atom is -0.378 e. The molecule has 0 spiro atoms. The van der Waals surface area contributed by atoms with E-state index in [-0.39, 0.29) is 18.0 Å². The molecule has 0 bridgehead atoms. The fourth-order valence-corrected chi connectivity index (χ4v) is 5.65. The molecule has 4 atom stereocenters. The summed E-state index contributed by atoms with van der Waals surface area (Å²) < 4.78 is 0. The number of likely N-dealkylation sites (N-methyl/N-ethyl adjacent to an activating group) is 2. The molecule has 0 saturated heterocycles. The molecule has 184 valence electrons.